The van der Waals surface area contributed by atoms with E-state index in [9.17, 15) is 17.6 Å². The molecule has 0 spiro atoms. The number of rotatable bonds is 4. The van der Waals surface area contributed by atoms with Crippen LogP contribution in [0.4, 0.5) is 17.6 Å². The molecule has 0 N–H and O–H groups in total. The number of hydrogen-bond donors (Lipinski definition) is 0. The topological polar surface area (TPSA) is 17.8 Å². The number of aryl methyl sites for hydroxylation is 1. The molecule has 4 aromatic rings. The maximum absolute atomic E-state index is 14.7. The van der Waals surface area contributed by atoms with Crippen LogP contribution in [0.1, 0.15) is 11.4 Å². The van der Waals surface area contributed by atoms with Crippen molar-refractivity contribution < 1.29 is 17.6 Å². The number of halogens is 4. The van der Waals surface area contributed by atoms with E-state index >= 15 is 0 Å². The molecule has 0 atom stereocenters. The van der Waals surface area contributed by atoms with E-state index in [0.717, 1.165) is 10.6 Å². The van der Waals surface area contributed by atoms with Crippen LogP contribution in [0, 0.1) is 37.1 Å². The van der Waals surface area contributed by atoms with Crippen molar-refractivity contribution in [2.75, 3.05) is 0 Å². The Balaban J connectivity index is 2.07. The van der Waals surface area contributed by atoms with Gasteiger partial charge in [-0.2, -0.15) is 0 Å². The average Bonchev–Trinajstić information content (AvgIpc) is 3.03. The molecule has 0 radical (unpaired) electrons. The monoisotopic (exact) mass is 428 g/mol. The van der Waals surface area contributed by atoms with Crippen molar-refractivity contribution in [3.05, 3.63) is 101 Å². The van der Waals surface area contributed by atoms with Gasteiger partial charge < -0.3 is 0 Å². The van der Waals surface area contributed by atoms with Crippen molar-refractivity contribution in [3.8, 4) is 5.69 Å². The molecule has 0 saturated carbocycles. The Morgan fingerprint density at radius 1 is 0.733 bits per heavy atom. The van der Waals surface area contributed by atoms with Crippen molar-refractivity contribution >= 4 is 24.1 Å². The molecule has 1 aromatic heterocycles. The van der Waals surface area contributed by atoms with Crippen molar-refractivity contribution in [2.45, 2.75) is 13.8 Å². The normalized spacial score (nSPS) is 11.3. The maximum Gasteiger partial charge on any atom is 0.186 e. The highest BCUT2D eigenvalue weighted by Gasteiger charge is 2.29. The molecule has 0 fully saturated rings. The molecular weight excluding hydrogens is 411 g/mol. The van der Waals surface area contributed by atoms with Gasteiger partial charge in [0.15, 0.2) is 23.3 Å². The zero-order valence-corrected chi connectivity index (χ0v) is 17.1. The van der Waals surface area contributed by atoms with Crippen LogP contribution >= 0.6 is 7.92 Å². The number of benzene rings is 3. The summed E-state index contributed by atoms with van der Waals surface area (Å²) in [6, 6.07) is 19.0. The lowest BCUT2D eigenvalue weighted by Gasteiger charge is -2.21. The lowest BCUT2D eigenvalue weighted by atomic mass is 10.2. The first-order valence-electron chi connectivity index (χ1n) is 9.19. The fourth-order valence-electron chi connectivity index (χ4n) is 3.30. The summed E-state index contributed by atoms with van der Waals surface area (Å²) in [5, 5.41) is 1.78. The summed E-state index contributed by atoms with van der Waals surface area (Å²) < 4.78 is 58.7. The minimum absolute atomic E-state index is 0.212. The van der Waals surface area contributed by atoms with Crippen LogP contribution in [-0.4, -0.2) is 9.55 Å². The van der Waals surface area contributed by atoms with E-state index in [-0.39, 0.29) is 6.07 Å². The molecule has 0 amide bonds. The zero-order valence-electron chi connectivity index (χ0n) is 16.2. The molecule has 30 heavy (non-hydrogen) atoms. The first kappa shape index (κ1) is 20.3. The smallest absolute Gasteiger partial charge is 0.186 e. The number of nitrogens with zero attached hydrogens (tertiary/aromatic N) is 2. The fourth-order valence-corrected chi connectivity index (χ4v) is 5.70. The Labute approximate surface area is 172 Å². The van der Waals surface area contributed by atoms with Crippen molar-refractivity contribution in [2.24, 2.45) is 0 Å². The van der Waals surface area contributed by atoms with E-state index in [1.54, 1.807) is 13.8 Å². The molecule has 0 aliphatic carbocycles. The lowest BCUT2D eigenvalue weighted by Crippen LogP contribution is -2.29. The number of imidazole rings is 1. The van der Waals surface area contributed by atoms with Gasteiger partial charge in [-0.05, 0) is 24.5 Å². The second-order valence-corrected chi connectivity index (χ2v) is 8.84. The molecule has 4 rings (SSSR count). The van der Waals surface area contributed by atoms with E-state index in [1.807, 2.05) is 60.7 Å². The van der Waals surface area contributed by atoms with E-state index in [2.05, 4.69) is 4.98 Å². The zero-order chi connectivity index (χ0) is 21.4. The van der Waals surface area contributed by atoms with Crippen molar-refractivity contribution in [3.63, 3.8) is 0 Å². The largest absolute Gasteiger partial charge is 0.291 e. The standard InChI is InChI=1S/C23H17F4N2P/c1-14-15(2)29(22-20(26)18(24)13-19(25)21(22)27)23(28-14)30(16-9-5-3-6-10-16)17-11-7-4-8-12-17/h3-13H,1-2H3. The molecule has 3 aromatic carbocycles. The van der Waals surface area contributed by atoms with Gasteiger partial charge in [0.2, 0.25) is 0 Å². The van der Waals surface area contributed by atoms with Crippen molar-refractivity contribution in [1.82, 2.24) is 9.55 Å². The predicted octanol–water partition coefficient (Wildman–Crippen LogP) is 4.80. The van der Waals surface area contributed by atoms with Crippen LogP contribution in [0.15, 0.2) is 66.7 Å². The SMILES string of the molecule is Cc1nc(P(c2ccccc2)c2ccccc2)n(-c2c(F)c(F)cc(F)c2F)c1C. The Hall–Kier alpha value is -2.98. The third kappa shape index (κ3) is 3.41. The van der Waals surface area contributed by atoms with Gasteiger partial charge >= 0.3 is 0 Å². The number of aromatic nitrogens is 2. The summed E-state index contributed by atoms with van der Waals surface area (Å²) >= 11 is 0. The van der Waals surface area contributed by atoms with Gasteiger partial charge in [0.25, 0.3) is 0 Å². The van der Waals surface area contributed by atoms with Gasteiger partial charge in [0.1, 0.15) is 11.3 Å². The summed E-state index contributed by atoms with van der Waals surface area (Å²) in [7, 11) is -1.36. The summed E-state index contributed by atoms with van der Waals surface area (Å²) in [5.41, 5.74) is 0.472. The fraction of sp³-hybridized carbons (Fsp3) is 0.0870. The third-order valence-corrected chi connectivity index (χ3v) is 7.20. The van der Waals surface area contributed by atoms with Crippen LogP contribution in [0.2, 0.25) is 0 Å². The molecule has 0 unspecified atom stereocenters. The Morgan fingerprint density at radius 2 is 1.20 bits per heavy atom. The minimum Gasteiger partial charge on any atom is -0.291 e. The predicted molar refractivity (Wildman–Crippen MR) is 112 cm³/mol. The summed E-state index contributed by atoms with van der Waals surface area (Å²) in [5.74, 6) is -5.81. The molecular formula is C23H17F4N2P. The van der Waals surface area contributed by atoms with Gasteiger partial charge in [-0.25, -0.2) is 22.5 Å². The summed E-state index contributed by atoms with van der Waals surface area (Å²) in [6.45, 7) is 3.32. The molecule has 7 heteroatoms. The highest BCUT2D eigenvalue weighted by Crippen LogP contribution is 2.35. The van der Waals surface area contributed by atoms with Crippen LogP contribution < -0.4 is 16.2 Å². The van der Waals surface area contributed by atoms with Crippen LogP contribution in [0.3, 0.4) is 0 Å². The van der Waals surface area contributed by atoms with Crippen LogP contribution in [0.5, 0.6) is 0 Å². The Bertz CT molecular complexity index is 1140. The first-order valence-corrected chi connectivity index (χ1v) is 10.5. The maximum atomic E-state index is 14.7. The van der Waals surface area contributed by atoms with Gasteiger partial charge in [0.05, 0.1) is 5.69 Å². The van der Waals surface area contributed by atoms with Gasteiger partial charge in [0, 0.05) is 19.7 Å². The lowest BCUT2D eigenvalue weighted by molar-refractivity contribution is 0.448. The van der Waals surface area contributed by atoms with Gasteiger partial charge in [-0.15, -0.1) is 0 Å². The quantitative estimate of drug-likeness (QED) is 0.259. The molecule has 2 nitrogen and oxygen atoms in total. The van der Waals surface area contributed by atoms with Gasteiger partial charge in [-0.1, -0.05) is 60.7 Å². The van der Waals surface area contributed by atoms with E-state index < -0.39 is 36.9 Å². The summed E-state index contributed by atoms with van der Waals surface area (Å²) in [4.78, 5) is 4.59. The molecule has 0 aliphatic rings. The Morgan fingerprint density at radius 3 is 1.67 bits per heavy atom. The van der Waals surface area contributed by atoms with E-state index in [1.165, 1.54) is 4.57 Å². The van der Waals surface area contributed by atoms with E-state index in [4.69, 9.17) is 0 Å². The highest BCUT2D eigenvalue weighted by molar-refractivity contribution is 7.79. The van der Waals surface area contributed by atoms with E-state index in [0.29, 0.717) is 17.0 Å². The second kappa shape index (κ2) is 8.04. The minimum atomic E-state index is -1.45. The molecule has 152 valence electrons. The van der Waals surface area contributed by atoms with Crippen LogP contribution in [0.25, 0.3) is 5.69 Å². The highest BCUT2D eigenvalue weighted by atomic mass is 31.1. The molecule has 0 aliphatic heterocycles. The second-order valence-electron chi connectivity index (χ2n) is 6.74. The van der Waals surface area contributed by atoms with Crippen molar-refractivity contribution in [1.29, 1.82) is 0 Å². The third-order valence-electron chi connectivity index (χ3n) is 4.87. The first-order chi connectivity index (χ1) is 14.4. The van der Waals surface area contributed by atoms with Crippen LogP contribution in [-0.2, 0) is 0 Å². The summed E-state index contributed by atoms with van der Waals surface area (Å²) in [6.07, 6.45) is 0. The Kier molecular flexibility index (Phi) is 5.44. The molecule has 1 heterocycles. The number of hydrogen-bond acceptors (Lipinski definition) is 1. The molecule has 0 saturated heterocycles. The average molecular weight is 428 g/mol. The van der Waals surface area contributed by atoms with Gasteiger partial charge in [-0.3, -0.25) is 4.57 Å². The molecule has 0 bridgehead atoms.